The summed E-state index contributed by atoms with van der Waals surface area (Å²) >= 11 is 0. The summed E-state index contributed by atoms with van der Waals surface area (Å²) in [6.07, 6.45) is 0. The number of anilines is 1. The zero-order valence-electron chi connectivity index (χ0n) is 15.2. The maximum Gasteiger partial charge on any atom is 0.301 e. The van der Waals surface area contributed by atoms with Crippen molar-refractivity contribution in [2.45, 2.75) is 6.92 Å². The van der Waals surface area contributed by atoms with E-state index in [1.54, 1.807) is 36.4 Å². The number of methoxy groups -OCH3 is 2. The quantitative estimate of drug-likeness (QED) is 0.788. The molecular formula is C20H19NO6. The minimum atomic E-state index is -0.793. The largest absolute Gasteiger partial charge is 0.502 e. The van der Waals surface area contributed by atoms with Crippen LogP contribution in [0, 0.1) is 0 Å². The monoisotopic (exact) mass is 369 g/mol. The SMILES string of the molecule is CCOc1cccc(N2C(=O)C(O)=C(c3ccc(OC)c(OC)c3)C2=O)c1. The van der Waals surface area contributed by atoms with Gasteiger partial charge in [0.1, 0.15) is 5.75 Å². The minimum Gasteiger partial charge on any atom is -0.502 e. The molecule has 0 spiro atoms. The van der Waals surface area contributed by atoms with Crippen molar-refractivity contribution >= 4 is 23.1 Å². The molecule has 0 unspecified atom stereocenters. The molecular weight excluding hydrogens is 350 g/mol. The molecule has 0 aromatic heterocycles. The lowest BCUT2D eigenvalue weighted by atomic mass is 10.0. The third-order valence-electron chi connectivity index (χ3n) is 4.12. The average Bonchev–Trinajstić information content (AvgIpc) is 2.90. The van der Waals surface area contributed by atoms with Gasteiger partial charge in [-0.1, -0.05) is 12.1 Å². The molecule has 1 heterocycles. The Balaban J connectivity index is 2.01. The van der Waals surface area contributed by atoms with Gasteiger partial charge in [0.15, 0.2) is 17.3 Å². The number of rotatable bonds is 6. The van der Waals surface area contributed by atoms with Crippen molar-refractivity contribution in [1.29, 1.82) is 0 Å². The van der Waals surface area contributed by atoms with E-state index in [4.69, 9.17) is 14.2 Å². The molecule has 3 rings (SSSR count). The van der Waals surface area contributed by atoms with Gasteiger partial charge in [0.05, 0.1) is 32.1 Å². The lowest BCUT2D eigenvalue weighted by Gasteiger charge is -2.16. The van der Waals surface area contributed by atoms with E-state index in [1.165, 1.54) is 20.3 Å². The van der Waals surface area contributed by atoms with Gasteiger partial charge in [-0.15, -0.1) is 0 Å². The first-order valence-electron chi connectivity index (χ1n) is 8.29. The number of aliphatic hydroxyl groups is 1. The van der Waals surface area contributed by atoms with E-state index >= 15 is 0 Å². The first-order valence-corrected chi connectivity index (χ1v) is 8.29. The molecule has 0 bridgehead atoms. The van der Waals surface area contributed by atoms with Crippen molar-refractivity contribution in [1.82, 2.24) is 0 Å². The van der Waals surface area contributed by atoms with E-state index in [0.29, 0.717) is 35.1 Å². The summed E-state index contributed by atoms with van der Waals surface area (Å²) in [4.78, 5) is 26.4. The van der Waals surface area contributed by atoms with E-state index in [0.717, 1.165) is 4.90 Å². The van der Waals surface area contributed by atoms with Crippen molar-refractivity contribution in [3.05, 3.63) is 53.8 Å². The molecule has 0 saturated heterocycles. The Labute approximate surface area is 156 Å². The second-order valence-electron chi connectivity index (χ2n) is 5.67. The number of carbonyl (C=O) groups excluding carboxylic acids is 2. The van der Waals surface area contributed by atoms with E-state index < -0.39 is 17.6 Å². The summed E-state index contributed by atoms with van der Waals surface area (Å²) in [5.41, 5.74) is 0.577. The van der Waals surface area contributed by atoms with Crippen LogP contribution in [0.2, 0.25) is 0 Å². The highest BCUT2D eigenvalue weighted by Crippen LogP contribution is 2.36. The molecule has 140 valence electrons. The third kappa shape index (κ3) is 3.19. The number of amides is 2. The smallest absolute Gasteiger partial charge is 0.301 e. The Hall–Kier alpha value is -3.48. The zero-order valence-corrected chi connectivity index (χ0v) is 15.2. The van der Waals surface area contributed by atoms with Crippen molar-refractivity contribution in [3.8, 4) is 17.2 Å². The summed E-state index contributed by atoms with van der Waals surface area (Å²) in [6, 6.07) is 11.3. The molecule has 1 aliphatic heterocycles. The molecule has 2 amide bonds. The fraction of sp³-hybridized carbons (Fsp3) is 0.200. The van der Waals surface area contributed by atoms with Crippen LogP contribution in [0.5, 0.6) is 17.2 Å². The van der Waals surface area contributed by atoms with Gasteiger partial charge in [-0.2, -0.15) is 0 Å². The number of hydrogen-bond donors (Lipinski definition) is 1. The topological polar surface area (TPSA) is 85.3 Å². The van der Waals surface area contributed by atoms with Gasteiger partial charge in [0, 0.05) is 6.07 Å². The van der Waals surface area contributed by atoms with Crippen molar-refractivity contribution in [2.75, 3.05) is 25.7 Å². The Morgan fingerprint density at radius 2 is 1.70 bits per heavy atom. The number of carbonyl (C=O) groups is 2. The Morgan fingerprint density at radius 1 is 0.963 bits per heavy atom. The van der Waals surface area contributed by atoms with Crippen molar-refractivity contribution < 1.29 is 28.9 Å². The number of benzene rings is 2. The van der Waals surface area contributed by atoms with Crippen molar-refractivity contribution in [3.63, 3.8) is 0 Å². The summed E-state index contributed by atoms with van der Waals surface area (Å²) in [5, 5.41) is 10.3. The predicted octanol–water partition coefficient (Wildman–Crippen LogP) is 2.95. The van der Waals surface area contributed by atoms with Gasteiger partial charge in [-0.3, -0.25) is 9.59 Å². The van der Waals surface area contributed by atoms with Crippen LogP contribution in [0.1, 0.15) is 12.5 Å². The van der Waals surface area contributed by atoms with E-state index in [2.05, 4.69) is 0 Å². The van der Waals surface area contributed by atoms with Crippen LogP contribution in [0.25, 0.3) is 5.57 Å². The maximum absolute atomic E-state index is 12.9. The van der Waals surface area contributed by atoms with Crippen LogP contribution in [0.4, 0.5) is 5.69 Å². The van der Waals surface area contributed by atoms with Crippen LogP contribution in [0.15, 0.2) is 48.2 Å². The van der Waals surface area contributed by atoms with Gasteiger partial charge in [0.25, 0.3) is 5.91 Å². The molecule has 0 radical (unpaired) electrons. The molecule has 1 N–H and O–H groups in total. The van der Waals surface area contributed by atoms with Crippen LogP contribution in [-0.2, 0) is 9.59 Å². The van der Waals surface area contributed by atoms with Gasteiger partial charge in [-0.25, -0.2) is 4.90 Å². The van der Waals surface area contributed by atoms with Crippen LogP contribution >= 0.6 is 0 Å². The highest BCUT2D eigenvalue weighted by atomic mass is 16.5. The van der Waals surface area contributed by atoms with E-state index in [9.17, 15) is 14.7 Å². The molecule has 2 aromatic carbocycles. The summed E-state index contributed by atoms with van der Waals surface area (Å²) < 4.78 is 15.8. The summed E-state index contributed by atoms with van der Waals surface area (Å²) in [5.74, 6) is -0.660. The highest BCUT2D eigenvalue weighted by Gasteiger charge is 2.40. The van der Waals surface area contributed by atoms with Gasteiger partial charge >= 0.3 is 5.91 Å². The average molecular weight is 369 g/mol. The van der Waals surface area contributed by atoms with Crippen LogP contribution in [-0.4, -0.2) is 37.7 Å². The standard InChI is InChI=1S/C20H19NO6/c1-4-27-14-7-5-6-13(11-14)21-19(23)17(18(22)20(21)24)12-8-9-15(25-2)16(10-12)26-3/h5-11,22H,4H2,1-3H3. The Morgan fingerprint density at radius 3 is 2.37 bits per heavy atom. The van der Waals surface area contributed by atoms with Gasteiger partial charge in [0.2, 0.25) is 0 Å². The summed E-state index contributed by atoms with van der Waals surface area (Å²) in [6.45, 7) is 2.28. The van der Waals surface area contributed by atoms with Crippen LogP contribution in [0.3, 0.4) is 0 Å². The second-order valence-corrected chi connectivity index (χ2v) is 5.67. The Kier molecular flexibility index (Phi) is 5.03. The second kappa shape index (κ2) is 7.41. The maximum atomic E-state index is 12.9. The first-order chi connectivity index (χ1) is 13.0. The fourth-order valence-electron chi connectivity index (χ4n) is 2.88. The lowest BCUT2D eigenvalue weighted by molar-refractivity contribution is -0.121. The molecule has 7 heteroatoms. The first kappa shape index (κ1) is 18.3. The number of aliphatic hydroxyl groups excluding tert-OH is 1. The van der Waals surface area contributed by atoms with Gasteiger partial charge < -0.3 is 19.3 Å². The van der Waals surface area contributed by atoms with Crippen LogP contribution < -0.4 is 19.1 Å². The van der Waals surface area contributed by atoms with E-state index in [1.807, 2.05) is 6.92 Å². The number of ether oxygens (including phenoxy) is 3. The lowest BCUT2D eigenvalue weighted by Crippen LogP contribution is -2.31. The normalized spacial score (nSPS) is 14.0. The molecule has 2 aromatic rings. The fourth-order valence-corrected chi connectivity index (χ4v) is 2.88. The van der Waals surface area contributed by atoms with Gasteiger partial charge in [-0.05, 0) is 36.8 Å². The molecule has 0 fully saturated rings. The molecule has 0 saturated carbocycles. The minimum absolute atomic E-state index is 0.0947. The van der Waals surface area contributed by atoms with E-state index in [-0.39, 0.29) is 5.57 Å². The molecule has 7 nitrogen and oxygen atoms in total. The number of hydrogen-bond acceptors (Lipinski definition) is 6. The summed E-state index contributed by atoms with van der Waals surface area (Å²) in [7, 11) is 2.95. The zero-order chi connectivity index (χ0) is 19.6. The predicted molar refractivity (Wildman–Crippen MR) is 99.2 cm³/mol. The number of imide groups is 1. The van der Waals surface area contributed by atoms with Crippen molar-refractivity contribution in [2.24, 2.45) is 0 Å². The molecule has 27 heavy (non-hydrogen) atoms. The number of nitrogens with zero attached hydrogens (tertiary/aromatic N) is 1. The molecule has 1 aliphatic rings. The molecule has 0 atom stereocenters. The molecule has 0 aliphatic carbocycles. The third-order valence-corrected chi connectivity index (χ3v) is 4.12. The highest BCUT2D eigenvalue weighted by molar-refractivity contribution is 6.44. The Bertz CT molecular complexity index is 934.